The van der Waals surface area contributed by atoms with E-state index in [0.29, 0.717) is 30.0 Å². The van der Waals surface area contributed by atoms with Crippen molar-refractivity contribution in [3.63, 3.8) is 0 Å². The predicted molar refractivity (Wildman–Crippen MR) is 91.2 cm³/mol. The molecule has 0 radical (unpaired) electrons. The van der Waals surface area contributed by atoms with Crippen LogP contribution in [0.25, 0.3) is 0 Å². The molecule has 0 spiro atoms. The van der Waals surface area contributed by atoms with Crippen molar-refractivity contribution in [1.29, 1.82) is 0 Å². The van der Waals surface area contributed by atoms with Gasteiger partial charge in [-0.15, -0.1) is 0 Å². The molecule has 3 rings (SSSR count). The maximum atomic E-state index is 13.1. The smallest absolute Gasteiger partial charge is 0.308 e. The predicted octanol–water partition coefficient (Wildman–Crippen LogP) is 3.01. The van der Waals surface area contributed by atoms with Gasteiger partial charge in [-0.1, -0.05) is 6.07 Å². The molecule has 0 bridgehead atoms. The van der Waals surface area contributed by atoms with E-state index in [1.54, 1.807) is 30.3 Å². The Hall–Kier alpha value is -2.61. The van der Waals surface area contributed by atoms with Gasteiger partial charge in [-0.25, -0.2) is 17.6 Å². The Balaban J connectivity index is 1.65. The zero-order valence-corrected chi connectivity index (χ0v) is 13.5. The molecule has 0 aliphatic carbocycles. The molecule has 0 saturated carbocycles. The van der Waals surface area contributed by atoms with Gasteiger partial charge in [0.2, 0.25) is 10.0 Å². The lowest BCUT2D eigenvalue weighted by Gasteiger charge is -2.17. The number of sulfonamides is 1. The van der Waals surface area contributed by atoms with Crippen molar-refractivity contribution in [1.82, 2.24) is 0 Å². The number of benzene rings is 2. The summed E-state index contributed by atoms with van der Waals surface area (Å²) in [6.07, 6.45) is 0.609. The summed E-state index contributed by atoms with van der Waals surface area (Å²) in [5, 5.41) is 5.13. The SMILES string of the molecule is O=C(Nc1ccc(N2CCCS2(=O)=O)cc1)Nc1cccc(F)c1. The van der Waals surface area contributed by atoms with E-state index in [4.69, 9.17) is 0 Å². The number of hydrogen-bond acceptors (Lipinski definition) is 3. The molecule has 2 N–H and O–H groups in total. The summed E-state index contributed by atoms with van der Waals surface area (Å²) < 4.78 is 38.2. The molecule has 2 aromatic rings. The summed E-state index contributed by atoms with van der Waals surface area (Å²) >= 11 is 0. The van der Waals surface area contributed by atoms with Crippen molar-refractivity contribution in [3.05, 3.63) is 54.3 Å². The molecule has 1 aliphatic heterocycles. The third-order valence-electron chi connectivity index (χ3n) is 3.59. The van der Waals surface area contributed by atoms with Crippen molar-refractivity contribution in [2.24, 2.45) is 0 Å². The van der Waals surface area contributed by atoms with Crippen molar-refractivity contribution < 1.29 is 17.6 Å². The molecule has 24 heavy (non-hydrogen) atoms. The van der Waals surface area contributed by atoms with Crippen LogP contribution in [0.4, 0.5) is 26.2 Å². The average molecular weight is 349 g/mol. The maximum absolute atomic E-state index is 13.1. The van der Waals surface area contributed by atoms with E-state index in [0.717, 1.165) is 0 Å². The first-order valence-electron chi connectivity index (χ1n) is 7.38. The first-order valence-corrected chi connectivity index (χ1v) is 8.99. The topological polar surface area (TPSA) is 78.5 Å². The van der Waals surface area contributed by atoms with Crippen LogP contribution in [0.5, 0.6) is 0 Å². The lowest BCUT2D eigenvalue weighted by atomic mass is 10.2. The lowest BCUT2D eigenvalue weighted by Crippen LogP contribution is -2.25. The Labute approximate surface area is 139 Å². The van der Waals surface area contributed by atoms with Crippen molar-refractivity contribution >= 4 is 33.1 Å². The Morgan fingerprint density at radius 1 is 1.04 bits per heavy atom. The van der Waals surface area contributed by atoms with Gasteiger partial charge in [0.05, 0.1) is 11.4 Å². The monoisotopic (exact) mass is 349 g/mol. The van der Waals surface area contributed by atoms with Gasteiger partial charge >= 0.3 is 6.03 Å². The number of amides is 2. The van der Waals surface area contributed by atoms with E-state index >= 15 is 0 Å². The number of nitrogens with one attached hydrogen (secondary N) is 2. The van der Waals surface area contributed by atoms with Crippen LogP contribution in [0.3, 0.4) is 0 Å². The minimum Gasteiger partial charge on any atom is -0.308 e. The number of nitrogens with zero attached hydrogens (tertiary/aromatic N) is 1. The minimum atomic E-state index is -3.22. The van der Waals surface area contributed by atoms with Crippen LogP contribution in [0, 0.1) is 5.82 Å². The molecule has 8 heteroatoms. The van der Waals surface area contributed by atoms with Gasteiger partial charge in [0.25, 0.3) is 0 Å². The van der Waals surface area contributed by atoms with Gasteiger partial charge < -0.3 is 10.6 Å². The molecular weight excluding hydrogens is 333 g/mol. The highest BCUT2D eigenvalue weighted by Gasteiger charge is 2.28. The lowest BCUT2D eigenvalue weighted by molar-refractivity contribution is 0.262. The molecular formula is C16H16FN3O3S. The fraction of sp³-hybridized carbons (Fsp3) is 0.188. The first-order chi connectivity index (χ1) is 11.4. The normalized spacial score (nSPS) is 16.0. The molecule has 126 valence electrons. The zero-order valence-electron chi connectivity index (χ0n) is 12.7. The maximum Gasteiger partial charge on any atom is 0.323 e. The molecule has 0 aromatic heterocycles. The molecule has 1 heterocycles. The fourth-order valence-corrected chi connectivity index (χ4v) is 4.06. The summed E-state index contributed by atoms with van der Waals surface area (Å²) in [6, 6.07) is 11.6. The van der Waals surface area contributed by atoms with Crippen molar-refractivity contribution in [2.75, 3.05) is 27.2 Å². The highest BCUT2D eigenvalue weighted by Crippen LogP contribution is 2.25. The Kier molecular flexibility index (Phi) is 4.39. The summed E-state index contributed by atoms with van der Waals surface area (Å²) in [7, 11) is -3.22. The van der Waals surface area contributed by atoms with Gasteiger partial charge in [-0.3, -0.25) is 4.31 Å². The number of anilines is 3. The van der Waals surface area contributed by atoms with Crippen LogP contribution >= 0.6 is 0 Å². The molecule has 2 aromatic carbocycles. The summed E-state index contributed by atoms with van der Waals surface area (Å²) in [4.78, 5) is 11.9. The van der Waals surface area contributed by atoms with Crippen LogP contribution in [0.2, 0.25) is 0 Å². The van der Waals surface area contributed by atoms with Crippen molar-refractivity contribution in [3.8, 4) is 0 Å². The molecule has 2 amide bonds. The first kappa shape index (κ1) is 16.3. The number of rotatable bonds is 3. The molecule has 0 atom stereocenters. The molecule has 0 unspecified atom stereocenters. The van der Waals surface area contributed by atoms with Crippen LogP contribution in [0.15, 0.2) is 48.5 Å². The van der Waals surface area contributed by atoms with E-state index < -0.39 is 21.9 Å². The van der Waals surface area contributed by atoms with E-state index in [1.165, 1.54) is 22.5 Å². The number of carbonyl (C=O) groups is 1. The second-order valence-electron chi connectivity index (χ2n) is 5.38. The van der Waals surface area contributed by atoms with Crippen LogP contribution in [-0.4, -0.2) is 26.7 Å². The van der Waals surface area contributed by atoms with Crippen LogP contribution < -0.4 is 14.9 Å². The second-order valence-corrected chi connectivity index (χ2v) is 7.39. The van der Waals surface area contributed by atoms with Gasteiger partial charge in [-0.2, -0.15) is 0 Å². The third kappa shape index (κ3) is 3.65. The van der Waals surface area contributed by atoms with E-state index in [-0.39, 0.29) is 5.75 Å². The summed E-state index contributed by atoms with van der Waals surface area (Å²) in [6.45, 7) is 0.467. The number of halogens is 1. The highest BCUT2D eigenvalue weighted by molar-refractivity contribution is 7.93. The Bertz CT molecular complexity index is 853. The second kappa shape index (κ2) is 6.48. The molecule has 1 aliphatic rings. The largest absolute Gasteiger partial charge is 0.323 e. The summed E-state index contributed by atoms with van der Waals surface area (Å²) in [5.41, 5.74) is 1.42. The minimum absolute atomic E-state index is 0.156. The number of hydrogen-bond donors (Lipinski definition) is 2. The van der Waals surface area contributed by atoms with Gasteiger partial charge in [-0.05, 0) is 48.9 Å². The quantitative estimate of drug-likeness (QED) is 0.894. The van der Waals surface area contributed by atoms with Gasteiger partial charge in [0.15, 0.2) is 0 Å². The molecule has 1 fully saturated rings. The zero-order chi connectivity index (χ0) is 17.2. The Morgan fingerprint density at radius 3 is 2.38 bits per heavy atom. The number of carbonyl (C=O) groups excluding carboxylic acids is 1. The van der Waals surface area contributed by atoms with Gasteiger partial charge in [0, 0.05) is 17.9 Å². The summed E-state index contributed by atoms with van der Waals surface area (Å²) in [5.74, 6) is -0.285. The van der Waals surface area contributed by atoms with E-state index in [1.807, 2.05) is 0 Å². The average Bonchev–Trinajstić information content (AvgIpc) is 2.87. The van der Waals surface area contributed by atoms with Crippen LogP contribution in [-0.2, 0) is 10.0 Å². The molecule has 6 nitrogen and oxygen atoms in total. The fourth-order valence-electron chi connectivity index (χ4n) is 2.50. The Morgan fingerprint density at radius 2 is 1.75 bits per heavy atom. The standard InChI is InChI=1S/C16H16FN3O3S/c17-12-3-1-4-14(11-12)19-16(21)18-13-5-7-15(8-6-13)20-9-2-10-24(20,22)23/h1,3-8,11H,2,9-10H2,(H2,18,19,21). The highest BCUT2D eigenvalue weighted by atomic mass is 32.2. The van der Waals surface area contributed by atoms with Gasteiger partial charge in [0.1, 0.15) is 5.82 Å². The van der Waals surface area contributed by atoms with Crippen LogP contribution in [0.1, 0.15) is 6.42 Å². The third-order valence-corrected chi connectivity index (χ3v) is 5.46. The van der Waals surface area contributed by atoms with E-state index in [9.17, 15) is 17.6 Å². The number of urea groups is 1. The molecule has 1 saturated heterocycles. The van der Waals surface area contributed by atoms with E-state index in [2.05, 4.69) is 10.6 Å². The van der Waals surface area contributed by atoms with Crippen molar-refractivity contribution in [2.45, 2.75) is 6.42 Å².